The van der Waals surface area contributed by atoms with Crippen LogP contribution in [0.1, 0.15) is 56.2 Å². The number of amides is 1. The molecule has 9 heteroatoms. The zero-order chi connectivity index (χ0) is 23.8. The molecule has 3 heterocycles. The van der Waals surface area contributed by atoms with Gasteiger partial charge in [-0.25, -0.2) is 16.4 Å². The van der Waals surface area contributed by atoms with Crippen molar-refractivity contribution in [3.05, 3.63) is 57.0 Å². The van der Waals surface area contributed by atoms with Crippen molar-refractivity contribution in [2.45, 2.75) is 51.2 Å². The van der Waals surface area contributed by atoms with E-state index < -0.39 is 11.6 Å². The highest BCUT2D eigenvalue weighted by atomic mass is 79.9. The lowest BCUT2D eigenvalue weighted by Crippen LogP contribution is -2.45. The Morgan fingerprint density at radius 2 is 2.06 bits per heavy atom. The topological polar surface area (TPSA) is 98.7 Å². The van der Waals surface area contributed by atoms with Crippen LogP contribution < -0.4 is 0 Å². The molecule has 2 aliphatic heterocycles. The number of aromatic nitrogens is 2. The number of carbonyl (C=O) groups is 1. The van der Waals surface area contributed by atoms with E-state index in [2.05, 4.69) is 37.0 Å². The molecule has 4 rings (SSSR count). The standard InChI is InChI=1S/C24H25BrN6O2/c1-24(2,3)33-23(32)31-10-8-14(9-11-31)20-21(27-4)18(17-13-28-30-22(17)29-20)16-7-5-6-15(12-26)19(16)25/h5-7,13-14,18,21H,8-11H2,1-3H3,(H,28,30). The van der Waals surface area contributed by atoms with Gasteiger partial charge in [0.1, 0.15) is 17.4 Å². The number of halogens is 1. The predicted octanol–water partition coefficient (Wildman–Crippen LogP) is 5.20. The van der Waals surface area contributed by atoms with Gasteiger partial charge in [-0.05, 0) is 61.2 Å². The molecule has 1 aromatic heterocycles. The largest absolute Gasteiger partial charge is 0.444 e. The Kier molecular flexibility index (Phi) is 6.27. The van der Waals surface area contributed by atoms with Crippen LogP contribution in [0.15, 0.2) is 33.9 Å². The molecule has 33 heavy (non-hydrogen) atoms. The third-order valence-corrected chi connectivity index (χ3v) is 6.92. The first-order chi connectivity index (χ1) is 15.7. The molecular weight excluding hydrogens is 484 g/mol. The van der Waals surface area contributed by atoms with E-state index in [0.717, 1.165) is 16.8 Å². The average Bonchev–Trinajstić information content (AvgIpc) is 3.25. The predicted molar refractivity (Wildman–Crippen MR) is 127 cm³/mol. The summed E-state index contributed by atoms with van der Waals surface area (Å²) in [7, 11) is 0. The number of carbonyl (C=O) groups excluding carboxylic acids is 1. The maximum Gasteiger partial charge on any atom is 0.410 e. The quantitative estimate of drug-likeness (QED) is 0.563. The normalized spacial score (nSPS) is 20.9. The van der Waals surface area contributed by atoms with Crippen molar-refractivity contribution in [2.24, 2.45) is 10.9 Å². The van der Waals surface area contributed by atoms with Crippen LogP contribution in [0.4, 0.5) is 10.6 Å². The second-order valence-electron chi connectivity index (χ2n) is 9.32. The molecule has 0 saturated carbocycles. The summed E-state index contributed by atoms with van der Waals surface area (Å²) >= 11 is 3.58. The van der Waals surface area contributed by atoms with Crippen LogP contribution in [-0.2, 0) is 4.74 Å². The molecule has 2 atom stereocenters. The van der Waals surface area contributed by atoms with Gasteiger partial charge in [-0.1, -0.05) is 12.1 Å². The number of fused-ring (bicyclic) bond motifs is 1. The third kappa shape index (κ3) is 4.51. The lowest BCUT2D eigenvalue weighted by molar-refractivity contribution is 0.0201. The van der Waals surface area contributed by atoms with Gasteiger partial charge in [0, 0.05) is 29.0 Å². The van der Waals surface area contributed by atoms with E-state index in [1.165, 1.54) is 0 Å². The molecule has 1 N–H and O–H groups in total. The number of rotatable bonds is 2. The van der Waals surface area contributed by atoms with E-state index in [0.29, 0.717) is 41.8 Å². The number of nitrogens with one attached hydrogen (secondary N) is 1. The molecule has 0 aliphatic carbocycles. The zero-order valence-corrected chi connectivity index (χ0v) is 20.4. The van der Waals surface area contributed by atoms with Gasteiger partial charge in [0.25, 0.3) is 6.04 Å². The minimum atomic E-state index is -0.536. The minimum Gasteiger partial charge on any atom is -0.444 e. The maximum absolute atomic E-state index is 12.5. The number of likely N-dealkylation sites (tertiary alicyclic amines) is 1. The number of aromatic amines is 1. The Labute approximate surface area is 201 Å². The summed E-state index contributed by atoms with van der Waals surface area (Å²) in [6.45, 7) is 14.7. The maximum atomic E-state index is 12.5. The van der Waals surface area contributed by atoms with Crippen LogP contribution in [0.2, 0.25) is 0 Å². The van der Waals surface area contributed by atoms with Gasteiger partial charge in [-0.3, -0.25) is 5.10 Å². The van der Waals surface area contributed by atoms with Gasteiger partial charge in [-0.2, -0.15) is 10.4 Å². The van der Waals surface area contributed by atoms with Crippen LogP contribution in [0, 0.1) is 23.8 Å². The van der Waals surface area contributed by atoms with E-state index in [-0.39, 0.29) is 17.9 Å². The molecule has 0 spiro atoms. The Balaban J connectivity index is 1.63. The highest BCUT2D eigenvalue weighted by Gasteiger charge is 2.45. The Hall–Kier alpha value is -3.17. The number of nitrogens with zero attached hydrogens (tertiary/aromatic N) is 5. The van der Waals surface area contributed by atoms with Crippen LogP contribution >= 0.6 is 15.9 Å². The van der Waals surface area contributed by atoms with Gasteiger partial charge in [-0.15, -0.1) is 0 Å². The highest BCUT2D eigenvalue weighted by molar-refractivity contribution is 9.10. The molecule has 0 bridgehead atoms. The molecule has 2 aliphatic rings. The van der Waals surface area contributed by atoms with Crippen molar-refractivity contribution < 1.29 is 9.53 Å². The number of benzene rings is 1. The summed E-state index contributed by atoms with van der Waals surface area (Å²) in [4.78, 5) is 23.0. The monoisotopic (exact) mass is 508 g/mol. The Morgan fingerprint density at radius 1 is 1.33 bits per heavy atom. The van der Waals surface area contributed by atoms with Crippen LogP contribution in [0.3, 0.4) is 0 Å². The minimum absolute atomic E-state index is 0.0691. The van der Waals surface area contributed by atoms with Crippen LogP contribution in [-0.4, -0.2) is 51.6 Å². The van der Waals surface area contributed by atoms with Crippen LogP contribution in [0.5, 0.6) is 0 Å². The number of hydrogen-bond acceptors (Lipinski definition) is 5. The fourth-order valence-electron chi connectivity index (χ4n) is 4.51. The summed E-state index contributed by atoms with van der Waals surface area (Å²) in [5, 5.41) is 16.6. The summed E-state index contributed by atoms with van der Waals surface area (Å²) < 4.78 is 6.20. The van der Waals surface area contributed by atoms with E-state index >= 15 is 0 Å². The zero-order valence-electron chi connectivity index (χ0n) is 18.8. The SMILES string of the molecule is [C-]#[N+]C1C(C2CCN(C(=O)OC(C)(C)C)CC2)=Nc2[nH]ncc2C1c1cccc(C#N)c1Br. The number of ether oxygens (including phenoxy) is 1. The summed E-state index contributed by atoms with van der Waals surface area (Å²) in [5.74, 6) is 0.425. The fraction of sp³-hybridized carbons (Fsp3) is 0.458. The lowest BCUT2D eigenvalue weighted by atomic mass is 9.76. The van der Waals surface area contributed by atoms with E-state index in [4.69, 9.17) is 16.3 Å². The summed E-state index contributed by atoms with van der Waals surface area (Å²) in [6, 6.07) is 7.22. The molecule has 8 nitrogen and oxygen atoms in total. The number of piperidine rings is 1. The second kappa shape index (κ2) is 8.99. The van der Waals surface area contributed by atoms with E-state index in [1.807, 2.05) is 32.9 Å². The van der Waals surface area contributed by atoms with Crippen molar-refractivity contribution in [3.8, 4) is 6.07 Å². The molecular formula is C24H25BrN6O2. The second-order valence-corrected chi connectivity index (χ2v) is 10.1. The lowest BCUT2D eigenvalue weighted by Gasteiger charge is -2.35. The first-order valence-electron chi connectivity index (χ1n) is 10.9. The smallest absolute Gasteiger partial charge is 0.410 e. The molecule has 1 fully saturated rings. The van der Waals surface area contributed by atoms with Crippen molar-refractivity contribution in [3.63, 3.8) is 0 Å². The Morgan fingerprint density at radius 3 is 2.70 bits per heavy atom. The van der Waals surface area contributed by atoms with Crippen molar-refractivity contribution >= 4 is 33.6 Å². The van der Waals surface area contributed by atoms with Gasteiger partial charge >= 0.3 is 6.09 Å². The summed E-state index contributed by atoms with van der Waals surface area (Å²) in [6.07, 6.45) is 2.83. The number of aliphatic imine (C=N–C) groups is 1. The van der Waals surface area contributed by atoms with Crippen molar-refractivity contribution in [1.29, 1.82) is 5.26 Å². The number of nitriles is 1. The summed E-state index contributed by atoms with van der Waals surface area (Å²) in [5.41, 5.74) is 2.52. The highest BCUT2D eigenvalue weighted by Crippen LogP contribution is 2.44. The first-order valence-corrected chi connectivity index (χ1v) is 11.7. The van der Waals surface area contributed by atoms with E-state index in [1.54, 1.807) is 17.2 Å². The first kappa shape index (κ1) is 23.0. The van der Waals surface area contributed by atoms with Gasteiger partial charge in [0.05, 0.1) is 17.7 Å². The van der Waals surface area contributed by atoms with Gasteiger partial charge in [0.15, 0.2) is 5.82 Å². The third-order valence-electron chi connectivity index (χ3n) is 6.03. The molecule has 1 amide bonds. The molecule has 170 valence electrons. The molecule has 2 unspecified atom stereocenters. The Bertz CT molecular complexity index is 1170. The van der Waals surface area contributed by atoms with Crippen LogP contribution in [0.25, 0.3) is 4.85 Å². The number of hydrogen-bond donors (Lipinski definition) is 1. The molecule has 0 radical (unpaired) electrons. The number of H-pyrrole nitrogens is 1. The van der Waals surface area contributed by atoms with Gasteiger partial charge < -0.3 is 14.5 Å². The van der Waals surface area contributed by atoms with Crippen molar-refractivity contribution in [2.75, 3.05) is 13.1 Å². The average molecular weight is 509 g/mol. The van der Waals surface area contributed by atoms with E-state index in [9.17, 15) is 10.1 Å². The van der Waals surface area contributed by atoms with Gasteiger partial charge in [0.2, 0.25) is 0 Å². The molecule has 1 aromatic carbocycles. The fourth-order valence-corrected chi connectivity index (χ4v) is 5.11. The molecule has 2 aromatic rings. The molecule has 1 saturated heterocycles. The van der Waals surface area contributed by atoms with Crippen molar-refractivity contribution in [1.82, 2.24) is 15.1 Å².